The summed E-state index contributed by atoms with van der Waals surface area (Å²) in [4.78, 5) is 23.8. The topological polar surface area (TPSA) is 67.4 Å². The van der Waals surface area contributed by atoms with Gasteiger partial charge in [-0.3, -0.25) is 9.59 Å². The highest BCUT2D eigenvalue weighted by Gasteiger charge is 2.28. The van der Waals surface area contributed by atoms with Gasteiger partial charge in [-0.25, -0.2) is 8.78 Å². The van der Waals surface area contributed by atoms with Gasteiger partial charge < -0.3 is 15.4 Å². The first-order valence-electron chi connectivity index (χ1n) is 10.1. The lowest BCUT2D eigenvalue weighted by Crippen LogP contribution is -2.48. The van der Waals surface area contributed by atoms with E-state index in [1.165, 1.54) is 19.1 Å². The molecule has 3 rings (SSSR count). The third-order valence-corrected chi connectivity index (χ3v) is 5.81. The van der Waals surface area contributed by atoms with E-state index in [2.05, 4.69) is 10.6 Å². The van der Waals surface area contributed by atoms with Crippen LogP contribution in [0, 0.1) is 18.6 Å². The van der Waals surface area contributed by atoms with Crippen LogP contribution in [0.3, 0.4) is 0 Å². The largest absolute Gasteiger partial charge is 0.485 e. The number of fused-ring (bicyclic) bond motifs is 1. The lowest BCUT2D eigenvalue weighted by Gasteiger charge is -2.19. The van der Waals surface area contributed by atoms with Gasteiger partial charge in [-0.15, -0.1) is 0 Å². The smallest absolute Gasteiger partial charge is 0.242 e. The summed E-state index contributed by atoms with van der Waals surface area (Å²) in [6, 6.07) is 7.31. The summed E-state index contributed by atoms with van der Waals surface area (Å²) >= 11 is 1.59. The van der Waals surface area contributed by atoms with Gasteiger partial charge in [0.05, 0.1) is 6.54 Å². The fourth-order valence-corrected chi connectivity index (χ4v) is 4.00. The predicted molar refractivity (Wildman–Crippen MR) is 118 cm³/mol. The molecule has 0 aromatic heterocycles. The van der Waals surface area contributed by atoms with Crippen LogP contribution in [0.2, 0.25) is 0 Å². The van der Waals surface area contributed by atoms with Crippen molar-refractivity contribution >= 4 is 23.6 Å². The maximum absolute atomic E-state index is 14.6. The molecule has 2 atom stereocenters. The van der Waals surface area contributed by atoms with Crippen molar-refractivity contribution in [3.05, 3.63) is 53.1 Å². The molecule has 0 aliphatic carbocycles. The molecule has 1 aliphatic heterocycles. The number of hydrogen-bond donors (Lipinski definition) is 2. The molecule has 2 aromatic rings. The minimum atomic E-state index is -0.617. The van der Waals surface area contributed by atoms with Gasteiger partial charge in [0, 0.05) is 18.9 Å². The van der Waals surface area contributed by atoms with Crippen molar-refractivity contribution in [2.75, 3.05) is 18.6 Å². The molecule has 2 amide bonds. The van der Waals surface area contributed by atoms with E-state index in [0.717, 1.165) is 5.75 Å². The Balaban J connectivity index is 1.66. The minimum Gasteiger partial charge on any atom is -0.485 e. The third-order valence-electron chi connectivity index (χ3n) is 5.17. The average molecular weight is 449 g/mol. The number of thioether (sulfide) groups is 1. The van der Waals surface area contributed by atoms with E-state index in [0.29, 0.717) is 35.1 Å². The van der Waals surface area contributed by atoms with Crippen LogP contribution >= 0.6 is 11.8 Å². The molecule has 2 aromatic carbocycles. The fourth-order valence-electron chi connectivity index (χ4n) is 3.53. The zero-order valence-corrected chi connectivity index (χ0v) is 18.6. The van der Waals surface area contributed by atoms with Crippen molar-refractivity contribution < 1.29 is 23.1 Å². The molecule has 0 fully saturated rings. The number of hydrogen-bond acceptors (Lipinski definition) is 4. The van der Waals surface area contributed by atoms with Crippen LogP contribution in [0.1, 0.15) is 24.5 Å². The van der Waals surface area contributed by atoms with Crippen molar-refractivity contribution in [2.24, 2.45) is 0 Å². The molecule has 1 unspecified atom stereocenters. The molecule has 0 saturated heterocycles. The number of halogens is 2. The summed E-state index contributed by atoms with van der Waals surface area (Å²) in [6.45, 7) is 3.24. The van der Waals surface area contributed by atoms with Crippen LogP contribution in [0.4, 0.5) is 8.78 Å². The Morgan fingerprint density at radius 2 is 1.94 bits per heavy atom. The second-order valence-electron chi connectivity index (χ2n) is 7.63. The van der Waals surface area contributed by atoms with E-state index in [9.17, 15) is 18.4 Å². The highest BCUT2D eigenvalue weighted by atomic mass is 32.2. The average Bonchev–Trinajstić information content (AvgIpc) is 3.14. The zero-order valence-electron chi connectivity index (χ0n) is 17.8. The van der Waals surface area contributed by atoms with E-state index in [4.69, 9.17) is 4.74 Å². The van der Waals surface area contributed by atoms with Gasteiger partial charge in [0.1, 0.15) is 18.0 Å². The zero-order chi connectivity index (χ0) is 22.5. The van der Waals surface area contributed by atoms with E-state index < -0.39 is 18.0 Å². The summed E-state index contributed by atoms with van der Waals surface area (Å²) in [5.41, 5.74) is 2.37. The van der Waals surface area contributed by atoms with Gasteiger partial charge >= 0.3 is 0 Å². The van der Waals surface area contributed by atoms with Crippen molar-refractivity contribution in [1.82, 2.24) is 10.6 Å². The first kappa shape index (κ1) is 23.1. The van der Waals surface area contributed by atoms with Crippen molar-refractivity contribution in [3.63, 3.8) is 0 Å². The van der Waals surface area contributed by atoms with Crippen LogP contribution in [0.5, 0.6) is 5.75 Å². The minimum absolute atomic E-state index is 0.163. The highest BCUT2D eigenvalue weighted by molar-refractivity contribution is 7.98. The maximum Gasteiger partial charge on any atom is 0.242 e. The molecule has 1 heterocycles. The van der Waals surface area contributed by atoms with Gasteiger partial charge in [0.15, 0.2) is 11.6 Å². The Kier molecular flexibility index (Phi) is 7.54. The summed E-state index contributed by atoms with van der Waals surface area (Å²) in [6.07, 6.45) is 2.45. The number of carbonyl (C=O) groups is 2. The summed E-state index contributed by atoms with van der Waals surface area (Å²) in [5, 5.41) is 5.45. The molecule has 166 valence electrons. The summed E-state index contributed by atoms with van der Waals surface area (Å²) < 4.78 is 34.3. The third kappa shape index (κ3) is 5.76. The number of amides is 2. The Morgan fingerprint density at radius 1 is 1.19 bits per heavy atom. The van der Waals surface area contributed by atoms with Crippen LogP contribution in [-0.4, -0.2) is 42.5 Å². The van der Waals surface area contributed by atoms with E-state index in [1.54, 1.807) is 36.9 Å². The normalized spacial score (nSPS) is 15.7. The van der Waals surface area contributed by atoms with Gasteiger partial charge in [-0.2, -0.15) is 11.8 Å². The van der Waals surface area contributed by atoms with Crippen LogP contribution in [0.25, 0.3) is 11.1 Å². The van der Waals surface area contributed by atoms with Crippen molar-refractivity contribution in [1.29, 1.82) is 0 Å². The summed E-state index contributed by atoms with van der Waals surface area (Å²) in [7, 11) is 0. The summed E-state index contributed by atoms with van der Waals surface area (Å²) in [5.74, 6) is -0.523. The molecule has 0 bridgehead atoms. The van der Waals surface area contributed by atoms with E-state index >= 15 is 0 Å². The van der Waals surface area contributed by atoms with Gasteiger partial charge in [0.25, 0.3) is 0 Å². The molecule has 0 spiro atoms. The first-order chi connectivity index (χ1) is 14.8. The highest BCUT2D eigenvalue weighted by Crippen LogP contribution is 2.36. The lowest BCUT2D eigenvalue weighted by molar-refractivity contribution is -0.128. The molecular formula is C23H26F2N2O3S. The maximum atomic E-state index is 14.6. The number of benzene rings is 2. The Labute approximate surface area is 184 Å². The predicted octanol–water partition coefficient (Wildman–Crippen LogP) is 3.62. The lowest BCUT2D eigenvalue weighted by atomic mass is 9.99. The van der Waals surface area contributed by atoms with Crippen LogP contribution in [0.15, 0.2) is 30.3 Å². The quantitative estimate of drug-likeness (QED) is 0.647. The van der Waals surface area contributed by atoms with Gasteiger partial charge in [-0.05, 0) is 60.2 Å². The van der Waals surface area contributed by atoms with E-state index in [1.807, 2.05) is 6.26 Å². The van der Waals surface area contributed by atoms with E-state index in [-0.39, 0.29) is 29.9 Å². The van der Waals surface area contributed by atoms with Crippen LogP contribution < -0.4 is 15.4 Å². The molecule has 2 N–H and O–H groups in total. The molecular weight excluding hydrogens is 422 g/mol. The van der Waals surface area contributed by atoms with Crippen LogP contribution in [-0.2, 0) is 16.0 Å². The Bertz CT molecular complexity index is 984. The number of carbonyl (C=O) groups excluding carboxylic acids is 2. The molecule has 8 heteroatoms. The standard InChI is InChI=1S/C23H26F2N2O3S/c1-13-4-5-15(10-19(13)24)16-8-17-9-18(30-22(17)20(25)11-16)12-26-23(29)21(6-7-31-3)27-14(2)28/h4-5,8,10-11,18,21H,6-7,9,12H2,1-3H3,(H,26,29)(H,27,28)/t18?,21-/m0/s1. The molecule has 5 nitrogen and oxygen atoms in total. The number of ether oxygens (including phenoxy) is 1. The molecule has 1 aliphatic rings. The SMILES string of the molecule is CSCC[C@H](NC(C)=O)C(=O)NCC1Cc2cc(-c3ccc(C)c(F)c3)cc(F)c2O1. The molecule has 0 radical (unpaired) electrons. The van der Waals surface area contributed by atoms with Gasteiger partial charge in [-0.1, -0.05) is 12.1 Å². The number of rotatable bonds is 8. The molecule has 0 saturated carbocycles. The Hall–Kier alpha value is -2.61. The molecule has 31 heavy (non-hydrogen) atoms. The second kappa shape index (κ2) is 10.1. The monoisotopic (exact) mass is 448 g/mol. The van der Waals surface area contributed by atoms with Crippen molar-refractivity contribution in [2.45, 2.75) is 38.8 Å². The fraction of sp³-hybridized carbons (Fsp3) is 0.391. The first-order valence-corrected chi connectivity index (χ1v) is 11.5. The number of aryl methyl sites for hydroxylation is 1. The Morgan fingerprint density at radius 3 is 2.61 bits per heavy atom. The van der Waals surface area contributed by atoms with Gasteiger partial charge in [0.2, 0.25) is 11.8 Å². The second-order valence-corrected chi connectivity index (χ2v) is 8.62. The van der Waals surface area contributed by atoms with Crippen molar-refractivity contribution in [3.8, 4) is 16.9 Å². The number of nitrogens with one attached hydrogen (secondary N) is 2.